The van der Waals surface area contributed by atoms with E-state index in [0.717, 1.165) is 89.9 Å². The molecule has 0 saturated carbocycles. The summed E-state index contributed by atoms with van der Waals surface area (Å²) in [5.41, 5.74) is 0. The van der Waals surface area contributed by atoms with Gasteiger partial charge in [0.05, 0.1) is 39.9 Å². The van der Waals surface area contributed by atoms with Gasteiger partial charge in [-0.25, -0.2) is 0 Å². The van der Waals surface area contributed by atoms with Gasteiger partial charge >= 0.3 is 0 Å². The number of hydrogen-bond donors (Lipinski definition) is 2. The minimum Gasteiger partial charge on any atom is -0.756 e. The topological polar surface area (TPSA) is 108 Å². The van der Waals surface area contributed by atoms with E-state index in [1.54, 1.807) is 6.08 Å². The highest BCUT2D eigenvalue weighted by Crippen LogP contribution is 2.38. The predicted molar refractivity (Wildman–Crippen MR) is 320 cm³/mol. The molecule has 0 spiro atoms. The summed E-state index contributed by atoms with van der Waals surface area (Å²) in [6.45, 7) is 4.50. The molecule has 2 N–H and O–H groups in total. The van der Waals surface area contributed by atoms with E-state index in [2.05, 4.69) is 129 Å². The summed E-state index contributed by atoms with van der Waals surface area (Å²) in [6.07, 6.45) is 81.4. The zero-order valence-corrected chi connectivity index (χ0v) is 49.1. The molecule has 0 aliphatic rings. The highest BCUT2D eigenvalue weighted by molar-refractivity contribution is 7.45. The van der Waals surface area contributed by atoms with Crippen LogP contribution >= 0.6 is 7.82 Å². The van der Waals surface area contributed by atoms with E-state index in [4.69, 9.17) is 9.05 Å². The first-order valence-electron chi connectivity index (χ1n) is 29.9. The van der Waals surface area contributed by atoms with Crippen LogP contribution < -0.4 is 10.2 Å². The van der Waals surface area contributed by atoms with Crippen LogP contribution in [-0.2, 0) is 18.4 Å². The first-order chi connectivity index (χ1) is 36.0. The van der Waals surface area contributed by atoms with Crippen molar-refractivity contribution in [3.05, 3.63) is 122 Å². The molecule has 0 bridgehead atoms. The number of carbonyl (C=O) groups is 1. The van der Waals surface area contributed by atoms with Crippen molar-refractivity contribution in [2.45, 2.75) is 244 Å². The molecule has 0 aromatic heterocycles. The number of nitrogens with zero attached hydrogens (tertiary/aromatic N) is 1. The van der Waals surface area contributed by atoms with Crippen molar-refractivity contribution < 1.29 is 32.9 Å². The number of hydrogen-bond acceptors (Lipinski definition) is 6. The molecule has 3 unspecified atom stereocenters. The Kier molecular flexibility index (Phi) is 52.4. The molecule has 0 fully saturated rings. The van der Waals surface area contributed by atoms with Gasteiger partial charge in [0.2, 0.25) is 5.91 Å². The van der Waals surface area contributed by atoms with Gasteiger partial charge in [0.25, 0.3) is 7.82 Å². The van der Waals surface area contributed by atoms with Crippen LogP contribution in [0.4, 0.5) is 0 Å². The van der Waals surface area contributed by atoms with Crippen LogP contribution in [0.25, 0.3) is 0 Å². The van der Waals surface area contributed by atoms with Crippen molar-refractivity contribution in [1.82, 2.24) is 5.32 Å². The Balaban J connectivity index is 4.13. The van der Waals surface area contributed by atoms with Crippen molar-refractivity contribution in [3.63, 3.8) is 0 Å². The number of carbonyl (C=O) groups excluding carboxylic acids is 1. The Morgan fingerprint density at radius 1 is 0.486 bits per heavy atom. The summed E-state index contributed by atoms with van der Waals surface area (Å²) in [4.78, 5) is 25.5. The Hall–Kier alpha value is -3.10. The molecule has 424 valence electrons. The molecule has 3 atom stereocenters. The molecule has 0 rings (SSSR count). The van der Waals surface area contributed by atoms with E-state index in [1.807, 2.05) is 27.2 Å². The number of nitrogens with one attached hydrogen (secondary N) is 1. The summed E-state index contributed by atoms with van der Waals surface area (Å²) >= 11 is 0. The van der Waals surface area contributed by atoms with Crippen molar-refractivity contribution in [3.8, 4) is 0 Å². The van der Waals surface area contributed by atoms with Crippen LogP contribution in [0.5, 0.6) is 0 Å². The van der Waals surface area contributed by atoms with Gasteiger partial charge in [-0.05, 0) is 96.3 Å². The normalized spacial score (nSPS) is 14.7. The molecular weight excluding hydrogens is 936 g/mol. The van der Waals surface area contributed by atoms with E-state index in [0.29, 0.717) is 17.4 Å². The van der Waals surface area contributed by atoms with Gasteiger partial charge < -0.3 is 28.8 Å². The Morgan fingerprint density at radius 2 is 0.838 bits per heavy atom. The number of likely N-dealkylation sites (N-methyl/N-ethyl adjacent to an activating group) is 1. The average Bonchev–Trinajstić information content (AvgIpc) is 3.36. The molecule has 0 aromatic carbocycles. The van der Waals surface area contributed by atoms with Gasteiger partial charge in [0.15, 0.2) is 0 Å². The molecule has 0 aromatic rings. The molecule has 0 radical (unpaired) electrons. The van der Waals surface area contributed by atoms with Crippen LogP contribution in [0.2, 0.25) is 0 Å². The SMILES string of the molecule is CC/C=C\C/C=C\C/C=C\C/C=C\C/C=C\C/C=C\C/C=C\C/C=C\CCCCCCCCCCCCCCC(=O)NC(COP(=O)([O-])OCC[N+](C)(C)C)C(O)/C=C/CC/C=C/CCCCCCCCCCC. The maximum atomic E-state index is 13.0. The summed E-state index contributed by atoms with van der Waals surface area (Å²) in [5, 5.41) is 13.8. The lowest BCUT2D eigenvalue weighted by Crippen LogP contribution is -2.45. The number of aliphatic hydroxyl groups excluding tert-OH is 1. The van der Waals surface area contributed by atoms with Crippen molar-refractivity contribution >= 4 is 13.7 Å². The lowest BCUT2D eigenvalue weighted by molar-refractivity contribution is -0.870. The second kappa shape index (κ2) is 54.7. The van der Waals surface area contributed by atoms with E-state index in [-0.39, 0.29) is 12.5 Å². The van der Waals surface area contributed by atoms with Gasteiger partial charge in [-0.2, -0.15) is 0 Å². The molecule has 8 nitrogen and oxygen atoms in total. The number of allylic oxidation sites excluding steroid dienone is 19. The monoisotopic (exact) mass is 1050 g/mol. The van der Waals surface area contributed by atoms with E-state index >= 15 is 0 Å². The van der Waals surface area contributed by atoms with E-state index in [9.17, 15) is 19.4 Å². The van der Waals surface area contributed by atoms with Crippen LogP contribution in [0.15, 0.2) is 122 Å². The third-order valence-electron chi connectivity index (χ3n) is 12.7. The molecule has 0 heterocycles. The first kappa shape index (κ1) is 70.9. The average molecular weight is 1050 g/mol. The standard InChI is InChI=1S/C65H113N2O6P/c1-6-8-10-12-14-16-18-20-22-23-24-25-26-27-28-29-30-31-32-33-34-35-36-37-38-39-40-41-42-43-45-47-49-51-53-55-57-59-65(69)66-63(62-73-74(70,71)72-61-60-67(3,4)5)64(68)58-56-54-52-50-48-46-44-21-19-17-15-13-11-9-7-2/h8,10,14,16,20,22,24-25,27-28,30-31,33-34,36-37,48,50,56,58,63-64,68H,6-7,9,11-13,15,17-19,21,23,26,29,32,35,38-47,49,51-55,57,59-62H2,1-5H3,(H-,66,69,70,71)/b10-8-,16-14-,22-20-,25-24-,28-27-,31-30-,34-33-,37-36-,50-48+,58-56+. The van der Waals surface area contributed by atoms with Gasteiger partial charge in [0.1, 0.15) is 13.2 Å². The molecule has 9 heteroatoms. The van der Waals surface area contributed by atoms with Crippen LogP contribution in [0, 0.1) is 0 Å². The number of phosphoric acid groups is 1. The summed E-state index contributed by atoms with van der Waals surface area (Å²) in [6, 6.07) is -0.911. The van der Waals surface area contributed by atoms with Gasteiger partial charge in [-0.15, -0.1) is 0 Å². The number of rotatable bonds is 53. The second-order valence-corrected chi connectivity index (χ2v) is 22.4. The predicted octanol–water partition coefficient (Wildman–Crippen LogP) is 17.9. The minimum absolute atomic E-state index is 0.0117. The van der Waals surface area contributed by atoms with Crippen LogP contribution in [-0.4, -0.2) is 68.5 Å². The highest BCUT2D eigenvalue weighted by Gasteiger charge is 2.23. The van der Waals surface area contributed by atoms with E-state index < -0.39 is 26.6 Å². The number of phosphoric ester groups is 1. The zero-order valence-electron chi connectivity index (χ0n) is 48.2. The Morgan fingerprint density at radius 3 is 1.26 bits per heavy atom. The van der Waals surface area contributed by atoms with Gasteiger partial charge in [-0.1, -0.05) is 251 Å². The summed E-state index contributed by atoms with van der Waals surface area (Å²) < 4.78 is 23.3. The Bertz CT molecular complexity index is 1620. The van der Waals surface area contributed by atoms with Gasteiger partial charge in [0, 0.05) is 6.42 Å². The molecule has 0 saturated heterocycles. The third-order valence-corrected chi connectivity index (χ3v) is 13.6. The van der Waals surface area contributed by atoms with Crippen LogP contribution in [0.1, 0.15) is 232 Å². The smallest absolute Gasteiger partial charge is 0.268 e. The third kappa shape index (κ3) is 56.6. The number of amides is 1. The van der Waals surface area contributed by atoms with Crippen molar-refractivity contribution in [2.75, 3.05) is 40.9 Å². The molecule has 0 aliphatic heterocycles. The quantitative estimate of drug-likeness (QED) is 0.0272. The molecule has 1 amide bonds. The fourth-order valence-electron chi connectivity index (χ4n) is 8.01. The second-order valence-electron chi connectivity index (χ2n) is 21.0. The van der Waals surface area contributed by atoms with Gasteiger partial charge in [-0.3, -0.25) is 9.36 Å². The molecule has 74 heavy (non-hydrogen) atoms. The molecular formula is C65H113N2O6P. The zero-order chi connectivity index (χ0) is 54.2. The molecule has 0 aliphatic carbocycles. The fourth-order valence-corrected chi connectivity index (χ4v) is 8.73. The van der Waals surface area contributed by atoms with Crippen LogP contribution in [0.3, 0.4) is 0 Å². The lowest BCUT2D eigenvalue weighted by atomic mass is 10.0. The summed E-state index contributed by atoms with van der Waals surface area (Å²) in [5.74, 6) is -0.214. The fraction of sp³-hybridized carbons (Fsp3) is 0.677. The van der Waals surface area contributed by atoms with Crippen molar-refractivity contribution in [2.24, 2.45) is 0 Å². The summed E-state index contributed by atoms with van der Waals surface area (Å²) in [7, 11) is 1.23. The van der Waals surface area contributed by atoms with Crippen molar-refractivity contribution in [1.29, 1.82) is 0 Å². The highest BCUT2D eigenvalue weighted by atomic mass is 31.2. The number of aliphatic hydroxyl groups is 1. The lowest BCUT2D eigenvalue weighted by Gasteiger charge is -2.29. The first-order valence-corrected chi connectivity index (χ1v) is 31.4. The largest absolute Gasteiger partial charge is 0.756 e. The number of unbranched alkanes of at least 4 members (excludes halogenated alkanes) is 22. The minimum atomic E-state index is -4.61. The maximum absolute atomic E-state index is 13.0. The maximum Gasteiger partial charge on any atom is 0.268 e. The number of quaternary nitrogens is 1. The van der Waals surface area contributed by atoms with E-state index in [1.165, 1.54) is 122 Å². The Labute approximate surface area is 456 Å².